The average molecular weight is 273 g/mol. The molecule has 92 valence electrons. The molecule has 0 bridgehead atoms. The van der Waals surface area contributed by atoms with Crippen molar-refractivity contribution < 1.29 is 9.53 Å². The second kappa shape index (κ2) is 5.11. The lowest BCUT2D eigenvalue weighted by Gasteiger charge is -2.18. The summed E-state index contributed by atoms with van der Waals surface area (Å²) in [5.41, 5.74) is -0.532. The van der Waals surface area contributed by atoms with Crippen LogP contribution in [0.25, 0.3) is 0 Å². The highest BCUT2D eigenvalue weighted by atomic mass is 35.5. The van der Waals surface area contributed by atoms with Crippen LogP contribution in [-0.4, -0.2) is 5.78 Å². The predicted octanol–water partition coefficient (Wildman–Crippen LogP) is 4.50. The van der Waals surface area contributed by atoms with E-state index in [0.29, 0.717) is 15.8 Å². The van der Waals surface area contributed by atoms with E-state index in [9.17, 15) is 4.79 Å². The quantitative estimate of drug-likeness (QED) is 0.598. The number of halogens is 2. The topological polar surface area (TPSA) is 26.3 Å². The Kier molecular flexibility index (Phi) is 4.23. The maximum Gasteiger partial charge on any atom is 0.202 e. The summed E-state index contributed by atoms with van der Waals surface area (Å²) in [5, 5.41) is 0.857. The third kappa shape index (κ3) is 3.76. The van der Waals surface area contributed by atoms with Gasteiger partial charge in [0, 0.05) is 10.4 Å². The Balaban J connectivity index is 2.86. The third-order valence-electron chi connectivity index (χ3n) is 2.06. The molecule has 0 fully saturated rings. The Morgan fingerprint density at radius 3 is 2.35 bits per heavy atom. The maximum atomic E-state index is 11.9. The number of benzene rings is 1. The Morgan fingerprint density at radius 1 is 1.29 bits per heavy atom. The van der Waals surface area contributed by atoms with Gasteiger partial charge >= 0.3 is 0 Å². The van der Waals surface area contributed by atoms with Gasteiger partial charge in [-0.05, 0) is 18.2 Å². The van der Waals surface area contributed by atoms with Crippen molar-refractivity contribution in [2.75, 3.05) is 0 Å². The van der Waals surface area contributed by atoms with Crippen molar-refractivity contribution in [3.63, 3.8) is 0 Å². The van der Waals surface area contributed by atoms with Crippen LogP contribution >= 0.6 is 23.2 Å². The Morgan fingerprint density at radius 2 is 1.88 bits per heavy atom. The molecular weight excluding hydrogens is 259 g/mol. The van der Waals surface area contributed by atoms with Gasteiger partial charge in [0.2, 0.25) is 5.78 Å². The van der Waals surface area contributed by atoms with Crippen molar-refractivity contribution in [1.29, 1.82) is 0 Å². The normalized spacial score (nSPS) is 11.1. The number of ether oxygens (including phenoxy) is 1. The molecule has 0 saturated carbocycles. The van der Waals surface area contributed by atoms with E-state index >= 15 is 0 Å². The van der Waals surface area contributed by atoms with Gasteiger partial charge in [-0.3, -0.25) is 4.79 Å². The SMILES string of the molecule is C=C(Oc1ccc(Cl)cc1Cl)C(=O)C(C)(C)C. The van der Waals surface area contributed by atoms with Gasteiger partial charge in [-0.2, -0.15) is 0 Å². The number of Topliss-reactive ketones (excluding diaryl/α,β-unsaturated/α-hetero) is 1. The van der Waals surface area contributed by atoms with Crippen molar-refractivity contribution >= 4 is 29.0 Å². The number of ketones is 1. The van der Waals surface area contributed by atoms with Gasteiger partial charge in [-0.15, -0.1) is 0 Å². The molecule has 0 heterocycles. The zero-order chi connectivity index (χ0) is 13.2. The lowest BCUT2D eigenvalue weighted by molar-refractivity contribution is -0.124. The van der Waals surface area contributed by atoms with Crippen LogP contribution in [0.4, 0.5) is 0 Å². The summed E-state index contributed by atoms with van der Waals surface area (Å²) in [5.74, 6) is 0.281. The number of allylic oxidation sites excluding steroid dienone is 1. The summed E-state index contributed by atoms with van der Waals surface area (Å²) >= 11 is 11.7. The van der Waals surface area contributed by atoms with Gasteiger partial charge < -0.3 is 4.74 Å². The molecule has 0 aromatic heterocycles. The number of carbonyl (C=O) groups is 1. The summed E-state index contributed by atoms with van der Waals surface area (Å²) in [4.78, 5) is 11.9. The summed E-state index contributed by atoms with van der Waals surface area (Å²) in [6.45, 7) is 9.01. The Bertz CT molecular complexity index is 459. The minimum Gasteiger partial charge on any atom is -0.453 e. The molecule has 0 radical (unpaired) electrons. The lowest BCUT2D eigenvalue weighted by atomic mass is 9.90. The zero-order valence-corrected chi connectivity index (χ0v) is 11.5. The van der Waals surface area contributed by atoms with Crippen molar-refractivity contribution in [3.8, 4) is 5.75 Å². The number of carbonyl (C=O) groups excluding carboxylic acids is 1. The van der Waals surface area contributed by atoms with E-state index in [-0.39, 0.29) is 11.5 Å². The van der Waals surface area contributed by atoms with Crippen molar-refractivity contribution in [2.45, 2.75) is 20.8 Å². The van der Waals surface area contributed by atoms with Crippen LogP contribution < -0.4 is 4.74 Å². The fourth-order valence-corrected chi connectivity index (χ4v) is 1.60. The van der Waals surface area contributed by atoms with Crippen LogP contribution in [0.1, 0.15) is 20.8 Å². The smallest absolute Gasteiger partial charge is 0.202 e. The lowest BCUT2D eigenvalue weighted by Crippen LogP contribution is -2.24. The summed E-state index contributed by atoms with van der Waals surface area (Å²) in [6.07, 6.45) is 0. The first kappa shape index (κ1) is 14.1. The molecule has 0 spiro atoms. The molecule has 4 heteroatoms. The Labute approximate surface area is 111 Å². The van der Waals surface area contributed by atoms with Crippen molar-refractivity contribution in [2.24, 2.45) is 5.41 Å². The number of rotatable bonds is 3. The first-order valence-electron chi connectivity index (χ1n) is 5.08. The second-order valence-electron chi connectivity index (χ2n) is 4.68. The first-order chi connectivity index (χ1) is 7.71. The van der Waals surface area contributed by atoms with Crippen LogP contribution in [-0.2, 0) is 4.79 Å². The first-order valence-corrected chi connectivity index (χ1v) is 5.84. The highest BCUT2D eigenvalue weighted by molar-refractivity contribution is 6.35. The zero-order valence-electron chi connectivity index (χ0n) is 10.0. The number of hydrogen-bond donors (Lipinski definition) is 0. The monoisotopic (exact) mass is 272 g/mol. The van der Waals surface area contributed by atoms with E-state index in [0.717, 1.165) is 0 Å². The van der Waals surface area contributed by atoms with Gasteiger partial charge in [0.1, 0.15) is 5.75 Å². The summed E-state index contributed by atoms with van der Waals surface area (Å²) in [7, 11) is 0. The van der Waals surface area contributed by atoms with Crippen molar-refractivity contribution in [1.82, 2.24) is 0 Å². The van der Waals surface area contributed by atoms with Gasteiger partial charge in [0.05, 0.1) is 5.02 Å². The van der Waals surface area contributed by atoms with E-state index in [2.05, 4.69) is 6.58 Å². The highest BCUT2D eigenvalue weighted by Crippen LogP contribution is 2.30. The number of hydrogen-bond acceptors (Lipinski definition) is 2. The van der Waals surface area contributed by atoms with Crippen LogP contribution in [0.3, 0.4) is 0 Å². The molecule has 0 amide bonds. The molecular formula is C13H14Cl2O2. The third-order valence-corrected chi connectivity index (χ3v) is 2.59. The van der Waals surface area contributed by atoms with E-state index in [4.69, 9.17) is 27.9 Å². The highest BCUT2D eigenvalue weighted by Gasteiger charge is 2.25. The van der Waals surface area contributed by atoms with Gasteiger partial charge in [0.15, 0.2) is 5.76 Å². The molecule has 0 atom stereocenters. The standard InChI is InChI=1S/C13H14Cl2O2/c1-8(12(16)13(2,3)4)17-11-6-5-9(14)7-10(11)15/h5-7H,1H2,2-4H3. The van der Waals surface area contributed by atoms with Gasteiger partial charge in [0.25, 0.3) is 0 Å². The summed E-state index contributed by atoms with van der Waals surface area (Å²) < 4.78 is 5.35. The largest absolute Gasteiger partial charge is 0.453 e. The van der Waals surface area contributed by atoms with Gasteiger partial charge in [-0.1, -0.05) is 50.6 Å². The molecule has 1 aromatic carbocycles. The minimum absolute atomic E-state index is 0.0710. The van der Waals surface area contributed by atoms with Gasteiger partial charge in [-0.25, -0.2) is 0 Å². The molecule has 1 rings (SSSR count). The van der Waals surface area contributed by atoms with Crippen LogP contribution in [0, 0.1) is 5.41 Å². The molecule has 0 N–H and O–H groups in total. The second-order valence-corrected chi connectivity index (χ2v) is 5.52. The van der Waals surface area contributed by atoms with E-state index in [1.807, 2.05) is 0 Å². The molecule has 0 aliphatic heterocycles. The fourth-order valence-electron chi connectivity index (χ4n) is 1.16. The van der Waals surface area contributed by atoms with E-state index in [1.54, 1.807) is 39.0 Å². The molecule has 0 saturated heterocycles. The van der Waals surface area contributed by atoms with Crippen LogP contribution in [0.15, 0.2) is 30.5 Å². The molecule has 2 nitrogen and oxygen atoms in total. The Hall–Kier alpha value is -0.990. The summed E-state index contributed by atoms with van der Waals surface area (Å²) in [6, 6.07) is 4.79. The molecule has 0 unspecified atom stereocenters. The maximum absolute atomic E-state index is 11.9. The fraction of sp³-hybridized carbons (Fsp3) is 0.308. The molecule has 0 aliphatic rings. The molecule has 17 heavy (non-hydrogen) atoms. The average Bonchev–Trinajstić information content (AvgIpc) is 2.19. The van der Waals surface area contributed by atoms with E-state index < -0.39 is 5.41 Å². The molecule has 0 aliphatic carbocycles. The predicted molar refractivity (Wildman–Crippen MR) is 70.7 cm³/mol. The van der Waals surface area contributed by atoms with E-state index in [1.165, 1.54) is 0 Å². The van der Waals surface area contributed by atoms with Crippen LogP contribution in [0.5, 0.6) is 5.75 Å². The molecule has 1 aromatic rings. The minimum atomic E-state index is -0.532. The van der Waals surface area contributed by atoms with Crippen LogP contribution in [0.2, 0.25) is 10.0 Å². The van der Waals surface area contributed by atoms with Crippen molar-refractivity contribution in [3.05, 3.63) is 40.6 Å².